The lowest BCUT2D eigenvalue weighted by Crippen LogP contribution is -2.22. The zero-order valence-corrected chi connectivity index (χ0v) is 7.35. The second-order valence-corrected chi connectivity index (χ2v) is 3.97. The molecule has 0 N–H and O–H groups in total. The van der Waals surface area contributed by atoms with Crippen molar-refractivity contribution in [3.05, 3.63) is 12.2 Å². The minimum Gasteiger partial charge on any atom is -0.0998 e. The van der Waals surface area contributed by atoms with Gasteiger partial charge in [-0.05, 0) is 30.6 Å². The number of hydrogen-bond acceptors (Lipinski definition) is 0. The third-order valence-electron chi connectivity index (χ3n) is 3.02. The van der Waals surface area contributed by atoms with Crippen LogP contribution in [0.1, 0.15) is 33.6 Å². The van der Waals surface area contributed by atoms with E-state index in [1.54, 1.807) is 0 Å². The fourth-order valence-corrected chi connectivity index (χ4v) is 1.93. The fraction of sp³-hybridized carbons (Fsp3) is 0.800. The van der Waals surface area contributed by atoms with E-state index in [9.17, 15) is 0 Å². The van der Waals surface area contributed by atoms with Gasteiger partial charge in [-0.1, -0.05) is 32.9 Å². The predicted molar refractivity (Wildman–Crippen MR) is 45.9 cm³/mol. The molecule has 0 aromatic carbocycles. The second kappa shape index (κ2) is 2.77. The second-order valence-electron chi connectivity index (χ2n) is 3.97. The average Bonchev–Trinajstić information content (AvgIpc) is 1.82. The van der Waals surface area contributed by atoms with Crippen molar-refractivity contribution < 1.29 is 0 Å². The van der Waals surface area contributed by atoms with Crippen LogP contribution < -0.4 is 0 Å². The van der Waals surface area contributed by atoms with Crippen LogP contribution in [0.5, 0.6) is 0 Å². The smallest absolute Gasteiger partial charge is 0.0294 e. The molecule has 0 aromatic heterocycles. The first kappa shape index (κ1) is 7.84. The lowest BCUT2D eigenvalue weighted by Gasteiger charge is -2.33. The van der Waals surface area contributed by atoms with E-state index in [4.69, 9.17) is 0 Å². The molecule has 0 bridgehead atoms. The maximum atomic E-state index is 4.05. The van der Waals surface area contributed by atoms with Gasteiger partial charge in [0.15, 0.2) is 0 Å². The molecule has 10 heavy (non-hydrogen) atoms. The van der Waals surface area contributed by atoms with Gasteiger partial charge >= 0.3 is 0 Å². The minimum atomic E-state index is 0.858. The summed E-state index contributed by atoms with van der Waals surface area (Å²) in [6.07, 6.45) is 2.51. The molecule has 0 spiro atoms. The van der Waals surface area contributed by atoms with Crippen molar-refractivity contribution in [2.24, 2.45) is 17.8 Å². The minimum absolute atomic E-state index is 0.858. The molecule has 0 aromatic rings. The highest BCUT2D eigenvalue weighted by molar-refractivity contribution is 5.02. The first-order valence-corrected chi connectivity index (χ1v) is 4.28. The molecule has 0 amide bonds. The Balaban J connectivity index is 2.57. The lowest BCUT2D eigenvalue weighted by molar-refractivity contribution is 0.238. The van der Waals surface area contributed by atoms with Gasteiger partial charge in [0.05, 0.1) is 0 Å². The zero-order valence-electron chi connectivity index (χ0n) is 7.35. The third-order valence-corrected chi connectivity index (χ3v) is 3.02. The molecular weight excluding hydrogens is 120 g/mol. The Kier molecular flexibility index (Phi) is 2.18. The molecule has 2 unspecified atom stereocenters. The van der Waals surface area contributed by atoms with Gasteiger partial charge in [0.2, 0.25) is 0 Å². The molecule has 1 fully saturated rings. The topological polar surface area (TPSA) is 0 Å². The van der Waals surface area contributed by atoms with Crippen LogP contribution in [0.4, 0.5) is 0 Å². The summed E-state index contributed by atoms with van der Waals surface area (Å²) in [6.45, 7) is 11.1. The van der Waals surface area contributed by atoms with Crippen LogP contribution in [0.3, 0.4) is 0 Å². The van der Waals surface area contributed by atoms with Gasteiger partial charge in [-0.3, -0.25) is 0 Å². The highest BCUT2D eigenvalue weighted by Gasteiger charge is 2.25. The van der Waals surface area contributed by atoms with Gasteiger partial charge < -0.3 is 0 Å². The maximum absolute atomic E-state index is 4.05. The van der Waals surface area contributed by atoms with E-state index in [0.29, 0.717) is 0 Å². The van der Waals surface area contributed by atoms with E-state index in [0.717, 1.165) is 17.8 Å². The van der Waals surface area contributed by atoms with Gasteiger partial charge in [0.25, 0.3) is 0 Å². The van der Waals surface area contributed by atoms with Crippen LogP contribution in [0.25, 0.3) is 0 Å². The Morgan fingerprint density at radius 3 is 1.90 bits per heavy atom. The van der Waals surface area contributed by atoms with Crippen molar-refractivity contribution in [3.63, 3.8) is 0 Å². The van der Waals surface area contributed by atoms with Crippen molar-refractivity contribution in [1.82, 2.24) is 0 Å². The highest BCUT2D eigenvalue weighted by Crippen LogP contribution is 2.36. The van der Waals surface area contributed by atoms with Gasteiger partial charge in [0.1, 0.15) is 0 Å². The van der Waals surface area contributed by atoms with Crippen molar-refractivity contribution in [2.45, 2.75) is 33.6 Å². The Morgan fingerprint density at radius 2 is 1.50 bits per heavy atom. The molecule has 1 aliphatic rings. The van der Waals surface area contributed by atoms with Crippen molar-refractivity contribution in [2.75, 3.05) is 0 Å². The number of rotatable bonds is 0. The molecular formula is C10H18. The van der Waals surface area contributed by atoms with Crippen LogP contribution in [-0.2, 0) is 0 Å². The van der Waals surface area contributed by atoms with E-state index in [1.807, 2.05) is 0 Å². The Morgan fingerprint density at radius 1 is 1.10 bits per heavy atom. The van der Waals surface area contributed by atoms with E-state index in [-0.39, 0.29) is 0 Å². The molecule has 1 aliphatic carbocycles. The summed E-state index contributed by atoms with van der Waals surface area (Å²) in [7, 11) is 0. The summed E-state index contributed by atoms with van der Waals surface area (Å²) in [4.78, 5) is 0. The van der Waals surface area contributed by atoms with Crippen LogP contribution >= 0.6 is 0 Å². The van der Waals surface area contributed by atoms with Crippen molar-refractivity contribution in [3.8, 4) is 0 Å². The van der Waals surface area contributed by atoms with Gasteiger partial charge in [-0.15, -0.1) is 0 Å². The molecule has 58 valence electrons. The summed E-state index contributed by atoms with van der Waals surface area (Å²) in [5.74, 6) is 2.61. The monoisotopic (exact) mass is 138 g/mol. The van der Waals surface area contributed by atoms with Crippen LogP contribution in [0.2, 0.25) is 0 Å². The maximum Gasteiger partial charge on any atom is -0.0294 e. The molecule has 1 rings (SSSR count). The third kappa shape index (κ3) is 1.42. The van der Waals surface area contributed by atoms with Gasteiger partial charge in [-0.2, -0.15) is 0 Å². The van der Waals surface area contributed by atoms with Crippen molar-refractivity contribution >= 4 is 0 Å². The van der Waals surface area contributed by atoms with Gasteiger partial charge in [-0.25, -0.2) is 0 Å². The largest absolute Gasteiger partial charge is 0.0998 e. The molecule has 0 radical (unpaired) electrons. The quantitative estimate of drug-likeness (QED) is 0.451. The first-order chi connectivity index (χ1) is 4.61. The van der Waals surface area contributed by atoms with Crippen LogP contribution in [0.15, 0.2) is 12.2 Å². The molecule has 0 heteroatoms. The summed E-state index contributed by atoms with van der Waals surface area (Å²) in [6, 6.07) is 0. The normalized spacial score (nSPS) is 41.9. The van der Waals surface area contributed by atoms with E-state index < -0.39 is 0 Å². The summed E-state index contributed by atoms with van der Waals surface area (Å²) in [5, 5.41) is 0. The Labute approximate surface area is 64.3 Å². The highest BCUT2D eigenvalue weighted by atomic mass is 14.3. The van der Waals surface area contributed by atoms with Crippen molar-refractivity contribution in [1.29, 1.82) is 0 Å². The molecule has 0 saturated heterocycles. The molecule has 2 atom stereocenters. The van der Waals surface area contributed by atoms with E-state index in [2.05, 4.69) is 27.4 Å². The SMILES string of the molecule is C=C1CC(C)C(C)C(C)C1. The molecule has 0 nitrogen and oxygen atoms in total. The van der Waals surface area contributed by atoms with E-state index >= 15 is 0 Å². The Hall–Kier alpha value is -0.260. The number of hydrogen-bond donors (Lipinski definition) is 0. The lowest BCUT2D eigenvalue weighted by atomic mass is 9.73. The Bertz CT molecular complexity index is 121. The zero-order chi connectivity index (χ0) is 7.72. The van der Waals surface area contributed by atoms with Crippen LogP contribution in [0, 0.1) is 17.8 Å². The summed E-state index contributed by atoms with van der Waals surface area (Å²) >= 11 is 0. The molecule has 1 saturated carbocycles. The van der Waals surface area contributed by atoms with Gasteiger partial charge in [0, 0.05) is 0 Å². The average molecular weight is 138 g/mol. The standard InChI is InChI=1S/C10H18/c1-7-5-8(2)10(4)9(3)6-7/h8-10H,1,5-6H2,2-4H3. The predicted octanol–water partition coefficient (Wildman–Crippen LogP) is 3.24. The summed E-state index contributed by atoms with van der Waals surface area (Å²) in [5.41, 5.74) is 1.46. The molecule has 0 heterocycles. The van der Waals surface area contributed by atoms with E-state index in [1.165, 1.54) is 18.4 Å². The first-order valence-electron chi connectivity index (χ1n) is 4.28. The molecule has 0 aliphatic heterocycles. The number of allylic oxidation sites excluding steroid dienone is 1. The van der Waals surface area contributed by atoms with Crippen LogP contribution in [-0.4, -0.2) is 0 Å². The summed E-state index contributed by atoms with van der Waals surface area (Å²) < 4.78 is 0. The fourth-order valence-electron chi connectivity index (χ4n) is 1.93.